The summed E-state index contributed by atoms with van der Waals surface area (Å²) >= 11 is 0. The highest BCUT2D eigenvalue weighted by atomic mass is 16.5. The number of amides is 1. The molecule has 0 radical (unpaired) electrons. The molecule has 2 fully saturated rings. The quantitative estimate of drug-likeness (QED) is 0.757. The van der Waals surface area contributed by atoms with Crippen LogP contribution in [0.15, 0.2) is 0 Å². The number of methoxy groups -OCH3 is 1. The summed E-state index contributed by atoms with van der Waals surface area (Å²) in [6, 6.07) is 0. The van der Waals surface area contributed by atoms with Gasteiger partial charge in [-0.2, -0.15) is 0 Å². The zero-order valence-electron chi connectivity index (χ0n) is 12.1. The molecule has 104 valence electrons. The van der Waals surface area contributed by atoms with Crippen LogP contribution in [-0.4, -0.2) is 26.2 Å². The fourth-order valence-electron chi connectivity index (χ4n) is 3.32. The third kappa shape index (κ3) is 2.87. The Bertz CT molecular complexity index is 304. The molecule has 0 aromatic carbocycles. The highest BCUT2D eigenvalue weighted by molar-refractivity contribution is 5.85. The van der Waals surface area contributed by atoms with Crippen LogP contribution in [0, 0.1) is 16.7 Å². The van der Waals surface area contributed by atoms with E-state index >= 15 is 0 Å². The Morgan fingerprint density at radius 2 is 1.94 bits per heavy atom. The number of carbonyl (C=O) groups excluding carboxylic acids is 1. The molecule has 2 saturated carbocycles. The van der Waals surface area contributed by atoms with Gasteiger partial charge >= 0.3 is 0 Å². The molecule has 0 aromatic heterocycles. The normalized spacial score (nSPS) is 23.6. The molecular formula is C15H27NO2. The van der Waals surface area contributed by atoms with Gasteiger partial charge in [-0.1, -0.05) is 20.3 Å². The van der Waals surface area contributed by atoms with Crippen molar-refractivity contribution in [3.05, 3.63) is 0 Å². The van der Waals surface area contributed by atoms with Gasteiger partial charge in [0.25, 0.3) is 0 Å². The van der Waals surface area contributed by atoms with E-state index in [9.17, 15) is 4.79 Å². The van der Waals surface area contributed by atoms with Gasteiger partial charge in [-0.3, -0.25) is 4.79 Å². The van der Waals surface area contributed by atoms with Gasteiger partial charge < -0.3 is 10.1 Å². The van der Waals surface area contributed by atoms with Gasteiger partial charge in [-0.25, -0.2) is 0 Å². The summed E-state index contributed by atoms with van der Waals surface area (Å²) in [5.74, 6) is 0.940. The van der Waals surface area contributed by atoms with Gasteiger partial charge in [0.05, 0.1) is 12.0 Å². The predicted molar refractivity (Wildman–Crippen MR) is 72.3 cm³/mol. The smallest absolute Gasteiger partial charge is 0.228 e. The Hall–Kier alpha value is -0.570. The maximum absolute atomic E-state index is 12.2. The molecule has 0 bridgehead atoms. The maximum Gasteiger partial charge on any atom is 0.228 e. The van der Waals surface area contributed by atoms with Crippen molar-refractivity contribution < 1.29 is 9.53 Å². The van der Waals surface area contributed by atoms with Gasteiger partial charge in [0.1, 0.15) is 0 Å². The minimum atomic E-state index is -0.183. The lowest BCUT2D eigenvalue weighted by Crippen LogP contribution is -2.45. The average molecular weight is 253 g/mol. The molecular weight excluding hydrogens is 226 g/mol. The van der Waals surface area contributed by atoms with Crippen molar-refractivity contribution in [2.24, 2.45) is 16.7 Å². The van der Waals surface area contributed by atoms with Crippen LogP contribution in [0.1, 0.15) is 52.4 Å². The van der Waals surface area contributed by atoms with Gasteiger partial charge in [-0.15, -0.1) is 0 Å². The Morgan fingerprint density at radius 1 is 1.28 bits per heavy atom. The molecule has 3 nitrogen and oxygen atoms in total. The van der Waals surface area contributed by atoms with Crippen LogP contribution in [0.25, 0.3) is 0 Å². The first kappa shape index (κ1) is 13.9. The van der Waals surface area contributed by atoms with Crippen molar-refractivity contribution >= 4 is 5.91 Å². The second kappa shape index (κ2) is 5.20. The van der Waals surface area contributed by atoms with Crippen molar-refractivity contribution in [3.63, 3.8) is 0 Å². The summed E-state index contributed by atoms with van der Waals surface area (Å²) in [6.45, 7) is 6.00. The summed E-state index contributed by atoms with van der Waals surface area (Å²) in [7, 11) is 1.68. The van der Waals surface area contributed by atoms with Crippen LogP contribution in [0.5, 0.6) is 0 Å². The second-order valence-corrected chi connectivity index (χ2v) is 6.85. The third-order valence-electron chi connectivity index (χ3n) is 4.64. The number of hydrogen-bond donors (Lipinski definition) is 1. The van der Waals surface area contributed by atoms with Crippen LogP contribution in [0.2, 0.25) is 0 Å². The second-order valence-electron chi connectivity index (χ2n) is 6.85. The minimum Gasteiger partial charge on any atom is -0.384 e. The molecule has 0 saturated heterocycles. The standard InChI is InChI=1S/C15H27NO2/c1-12(2)9-14(5-4-6-14)10-16-13(17)15(7-8-15)11-18-3/h12H,4-11H2,1-3H3,(H,16,17). The Morgan fingerprint density at radius 3 is 2.33 bits per heavy atom. The van der Waals surface area contributed by atoms with Gasteiger partial charge in [-0.05, 0) is 43.4 Å². The lowest BCUT2D eigenvalue weighted by Gasteiger charge is -2.43. The zero-order valence-corrected chi connectivity index (χ0v) is 12.1. The summed E-state index contributed by atoms with van der Waals surface area (Å²) in [5.41, 5.74) is 0.213. The van der Waals surface area contributed by atoms with Crippen molar-refractivity contribution in [3.8, 4) is 0 Å². The molecule has 0 aliphatic heterocycles. The third-order valence-corrected chi connectivity index (χ3v) is 4.64. The summed E-state index contributed by atoms with van der Waals surface area (Å²) in [4.78, 5) is 12.2. The highest BCUT2D eigenvalue weighted by Crippen LogP contribution is 2.48. The van der Waals surface area contributed by atoms with E-state index in [-0.39, 0.29) is 11.3 Å². The lowest BCUT2D eigenvalue weighted by atomic mass is 9.64. The van der Waals surface area contributed by atoms with E-state index in [0.29, 0.717) is 12.0 Å². The molecule has 3 heteroatoms. The first-order valence-corrected chi connectivity index (χ1v) is 7.29. The van der Waals surface area contributed by atoms with Crippen molar-refractivity contribution in [1.82, 2.24) is 5.32 Å². The highest BCUT2D eigenvalue weighted by Gasteiger charge is 2.50. The molecule has 0 aromatic rings. The molecule has 18 heavy (non-hydrogen) atoms. The summed E-state index contributed by atoms with van der Waals surface area (Å²) in [6.07, 6.45) is 7.11. The molecule has 0 heterocycles. The first-order valence-electron chi connectivity index (χ1n) is 7.29. The van der Waals surface area contributed by atoms with Crippen molar-refractivity contribution in [2.45, 2.75) is 52.4 Å². The fourth-order valence-corrected chi connectivity index (χ4v) is 3.32. The van der Waals surface area contributed by atoms with Gasteiger partial charge in [0.2, 0.25) is 5.91 Å². The topological polar surface area (TPSA) is 38.3 Å². The van der Waals surface area contributed by atoms with Crippen molar-refractivity contribution in [2.75, 3.05) is 20.3 Å². The first-order chi connectivity index (χ1) is 8.52. The molecule has 1 amide bonds. The van der Waals surface area contributed by atoms with E-state index in [1.807, 2.05) is 0 Å². The number of rotatable bonds is 7. The van der Waals surface area contributed by atoms with E-state index in [0.717, 1.165) is 25.3 Å². The van der Waals surface area contributed by atoms with Crippen LogP contribution in [0.3, 0.4) is 0 Å². The van der Waals surface area contributed by atoms with E-state index < -0.39 is 0 Å². The van der Waals surface area contributed by atoms with Crippen molar-refractivity contribution in [1.29, 1.82) is 0 Å². The Labute approximate surface area is 111 Å². The molecule has 2 aliphatic rings. The summed E-state index contributed by atoms with van der Waals surface area (Å²) < 4.78 is 5.17. The number of carbonyl (C=O) groups is 1. The molecule has 0 atom stereocenters. The van der Waals surface area contributed by atoms with Crippen LogP contribution in [-0.2, 0) is 9.53 Å². The van der Waals surface area contributed by atoms with Crippen LogP contribution >= 0.6 is 0 Å². The fraction of sp³-hybridized carbons (Fsp3) is 0.933. The van der Waals surface area contributed by atoms with Gasteiger partial charge in [0, 0.05) is 13.7 Å². The molecule has 2 rings (SSSR count). The molecule has 0 unspecified atom stereocenters. The SMILES string of the molecule is COCC1(C(=O)NCC2(CC(C)C)CCC2)CC1. The predicted octanol–water partition coefficient (Wildman–Crippen LogP) is 2.75. The summed E-state index contributed by atoms with van der Waals surface area (Å²) in [5, 5.41) is 3.20. The number of ether oxygens (including phenoxy) is 1. The Kier molecular flexibility index (Phi) is 4.00. The van der Waals surface area contributed by atoms with Crippen LogP contribution in [0.4, 0.5) is 0 Å². The zero-order chi connectivity index (χ0) is 13.2. The van der Waals surface area contributed by atoms with E-state index in [1.165, 1.54) is 25.7 Å². The van der Waals surface area contributed by atoms with E-state index in [4.69, 9.17) is 4.74 Å². The van der Waals surface area contributed by atoms with Gasteiger partial charge in [0.15, 0.2) is 0 Å². The largest absolute Gasteiger partial charge is 0.384 e. The number of nitrogens with one attached hydrogen (secondary N) is 1. The Balaban J connectivity index is 1.81. The maximum atomic E-state index is 12.2. The lowest BCUT2D eigenvalue weighted by molar-refractivity contribution is -0.129. The number of hydrogen-bond acceptors (Lipinski definition) is 2. The van der Waals surface area contributed by atoms with Crippen LogP contribution < -0.4 is 5.32 Å². The molecule has 2 aliphatic carbocycles. The average Bonchev–Trinajstić information content (AvgIpc) is 3.02. The van der Waals surface area contributed by atoms with E-state index in [2.05, 4.69) is 19.2 Å². The minimum absolute atomic E-state index is 0.183. The molecule has 1 N–H and O–H groups in total. The molecule has 0 spiro atoms. The monoisotopic (exact) mass is 253 g/mol. The van der Waals surface area contributed by atoms with E-state index in [1.54, 1.807) is 7.11 Å².